The van der Waals surface area contributed by atoms with E-state index < -0.39 is 0 Å². The van der Waals surface area contributed by atoms with E-state index >= 15 is 0 Å². The first kappa shape index (κ1) is 13.5. The van der Waals surface area contributed by atoms with Crippen LogP contribution in [0.3, 0.4) is 0 Å². The third-order valence-electron chi connectivity index (χ3n) is 1.87. The molecule has 5 nitrogen and oxygen atoms in total. The summed E-state index contributed by atoms with van der Waals surface area (Å²) in [5, 5.41) is 3.06. The highest BCUT2D eigenvalue weighted by Crippen LogP contribution is 1.83. The Kier molecular flexibility index (Phi) is 8.76. The molecule has 0 aliphatic rings. The van der Waals surface area contributed by atoms with Crippen LogP contribution < -0.4 is 16.8 Å². The number of nitrogens with zero attached hydrogens (tertiary/aromatic N) is 1. The van der Waals surface area contributed by atoms with E-state index in [1.54, 1.807) is 6.92 Å². The van der Waals surface area contributed by atoms with Gasteiger partial charge in [0.05, 0.1) is 6.54 Å². The summed E-state index contributed by atoms with van der Waals surface area (Å²) in [5.74, 6) is 0.161. The van der Waals surface area contributed by atoms with Crippen LogP contribution in [-0.4, -0.2) is 56.5 Å². The molecule has 84 valence electrons. The van der Waals surface area contributed by atoms with Gasteiger partial charge in [-0.1, -0.05) is 0 Å². The third-order valence-corrected chi connectivity index (χ3v) is 1.87. The summed E-state index contributed by atoms with van der Waals surface area (Å²) in [7, 11) is 0. The van der Waals surface area contributed by atoms with Crippen molar-refractivity contribution in [2.45, 2.75) is 6.92 Å². The van der Waals surface area contributed by atoms with Crippen molar-refractivity contribution in [1.29, 1.82) is 0 Å². The van der Waals surface area contributed by atoms with Crippen molar-refractivity contribution in [3.63, 3.8) is 0 Å². The quantitative estimate of drug-likeness (QED) is 0.392. The van der Waals surface area contributed by atoms with Gasteiger partial charge in [0.1, 0.15) is 5.78 Å². The van der Waals surface area contributed by atoms with Crippen LogP contribution in [-0.2, 0) is 4.79 Å². The van der Waals surface area contributed by atoms with Gasteiger partial charge in [-0.05, 0) is 6.92 Å². The highest BCUT2D eigenvalue weighted by molar-refractivity contribution is 5.77. The minimum Gasteiger partial charge on any atom is -0.329 e. The van der Waals surface area contributed by atoms with E-state index in [2.05, 4.69) is 10.2 Å². The molecule has 0 spiro atoms. The minimum absolute atomic E-state index is 0.161. The number of carbonyl (C=O) groups is 1. The standard InChI is InChI=1S/C9H22N4O/c1-9(14)8-12-4-7-13(5-2-10)6-3-11/h12H,2-8,10-11H2,1H3. The number of hydrogen-bond acceptors (Lipinski definition) is 5. The van der Waals surface area contributed by atoms with Gasteiger partial charge < -0.3 is 16.8 Å². The average molecular weight is 202 g/mol. The Balaban J connectivity index is 3.44. The van der Waals surface area contributed by atoms with Gasteiger partial charge in [-0.25, -0.2) is 0 Å². The van der Waals surface area contributed by atoms with Crippen LogP contribution in [0.4, 0.5) is 0 Å². The van der Waals surface area contributed by atoms with E-state index in [9.17, 15) is 4.79 Å². The molecule has 0 saturated heterocycles. The number of carbonyl (C=O) groups excluding carboxylic acids is 1. The molecule has 0 atom stereocenters. The van der Waals surface area contributed by atoms with Gasteiger partial charge in [0.25, 0.3) is 0 Å². The highest BCUT2D eigenvalue weighted by Gasteiger charge is 2.01. The summed E-state index contributed by atoms with van der Waals surface area (Å²) in [6.45, 7) is 6.72. The smallest absolute Gasteiger partial charge is 0.143 e. The first-order chi connectivity index (χ1) is 6.70. The normalized spacial score (nSPS) is 10.9. The van der Waals surface area contributed by atoms with Gasteiger partial charge in [0.2, 0.25) is 0 Å². The number of hydrogen-bond donors (Lipinski definition) is 3. The van der Waals surface area contributed by atoms with Crippen molar-refractivity contribution in [2.75, 3.05) is 45.8 Å². The van der Waals surface area contributed by atoms with Crippen LogP contribution in [0.15, 0.2) is 0 Å². The van der Waals surface area contributed by atoms with E-state index in [0.29, 0.717) is 19.6 Å². The molecule has 0 radical (unpaired) electrons. The predicted octanol–water partition coefficient (Wildman–Crippen LogP) is -1.62. The Bertz CT molecular complexity index is 146. The minimum atomic E-state index is 0.161. The third kappa shape index (κ3) is 8.12. The lowest BCUT2D eigenvalue weighted by Crippen LogP contribution is -2.39. The maximum Gasteiger partial charge on any atom is 0.143 e. The molecule has 0 fully saturated rings. The van der Waals surface area contributed by atoms with Crippen molar-refractivity contribution in [3.8, 4) is 0 Å². The fourth-order valence-corrected chi connectivity index (χ4v) is 1.20. The van der Waals surface area contributed by atoms with E-state index in [-0.39, 0.29) is 5.78 Å². The molecule has 14 heavy (non-hydrogen) atoms. The molecule has 0 unspecified atom stereocenters. The Labute approximate surface area is 85.8 Å². The van der Waals surface area contributed by atoms with Crippen molar-refractivity contribution in [3.05, 3.63) is 0 Å². The Morgan fingerprint density at radius 3 is 2.21 bits per heavy atom. The van der Waals surface area contributed by atoms with Crippen molar-refractivity contribution < 1.29 is 4.79 Å². The van der Waals surface area contributed by atoms with E-state index in [1.165, 1.54) is 0 Å². The molecule has 0 rings (SSSR count). The summed E-state index contributed by atoms with van der Waals surface area (Å²) in [6, 6.07) is 0. The van der Waals surface area contributed by atoms with Gasteiger partial charge in [-0.2, -0.15) is 0 Å². The van der Waals surface area contributed by atoms with Crippen molar-refractivity contribution in [2.24, 2.45) is 11.5 Å². The zero-order valence-electron chi connectivity index (χ0n) is 8.96. The molecule has 0 aromatic rings. The van der Waals surface area contributed by atoms with Gasteiger partial charge in [0, 0.05) is 39.3 Å². The van der Waals surface area contributed by atoms with Crippen LogP contribution >= 0.6 is 0 Å². The van der Waals surface area contributed by atoms with Gasteiger partial charge in [-0.15, -0.1) is 0 Å². The Morgan fingerprint density at radius 2 is 1.79 bits per heavy atom. The molecule has 0 saturated carbocycles. The highest BCUT2D eigenvalue weighted by atomic mass is 16.1. The first-order valence-corrected chi connectivity index (χ1v) is 5.03. The SMILES string of the molecule is CC(=O)CNCCN(CCN)CCN. The zero-order valence-corrected chi connectivity index (χ0v) is 8.96. The Morgan fingerprint density at radius 1 is 1.21 bits per heavy atom. The number of Topliss-reactive ketones (excluding diaryl/α,β-unsaturated/α-hetero) is 1. The van der Waals surface area contributed by atoms with Gasteiger partial charge >= 0.3 is 0 Å². The van der Waals surface area contributed by atoms with E-state index in [0.717, 1.165) is 26.2 Å². The second-order valence-corrected chi connectivity index (χ2v) is 3.30. The average Bonchev–Trinajstić information content (AvgIpc) is 2.12. The molecule has 0 aromatic carbocycles. The predicted molar refractivity (Wildman–Crippen MR) is 58.1 cm³/mol. The van der Waals surface area contributed by atoms with Crippen LogP contribution in [0.25, 0.3) is 0 Å². The summed E-state index contributed by atoms with van der Waals surface area (Å²) in [4.78, 5) is 12.8. The molecule has 0 bridgehead atoms. The number of ketones is 1. The largest absolute Gasteiger partial charge is 0.329 e. The summed E-state index contributed by atoms with van der Waals surface area (Å²) >= 11 is 0. The van der Waals surface area contributed by atoms with Crippen LogP contribution in [0.1, 0.15) is 6.92 Å². The topological polar surface area (TPSA) is 84.4 Å². The number of nitrogens with one attached hydrogen (secondary N) is 1. The van der Waals surface area contributed by atoms with Crippen LogP contribution in [0.5, 0.6) is 0 Å². The maximum atomic E-state index is 10.6. The molecule has 0 aromatic heterocycles. The summed E-state index contributed by atoms with van der Waals surface area (Å²) in [5.41, 5.74) is 10.9. The van der Waals surface area contributed by atoms with Crippen LogP contribution in [0.2, 0.25) is 0 Å². The maximum absolute atomic E-state index is 10.6. The van der Waals surface area contributed by atoms with Gasteiger partial charge in [-0.3, -0.25) is 9.69 Å². The lowest BCUT2D eigenvalue weighted by atomic mass is 10.4. The van der Waals surface area contributed by atoms with Crippen molar-refractivity contribution >= 4 is 5.78 Å². The first-order valence-electron chi connectivity index (χ1n) is 5.03. The van der Waals surface area contributed by atoms with Gasteiger partial charge in [0.15, 0.2) is 0 Å². The number of nitrogens with two attached hydrogens (primary N) is 2. The van der Waals surface area contributed by atoms with Crippen LogP contribution in [0, 0.1) is 0 Å². The molecular weight excluding hydrogens is 180 g/mol. The second kappa shape index (κ2) is 9.08. The molecule has 5 heteroatoms. The number of rotatable bonds is 9. The lowest BCUT2D eigenvalue weighted by molar-refractivity contribution is -0.116. The molecular formula is C9H22N4O. The summed E-state index contributed by atoms with van der Waals surface area (Å²) < 4.78 is 0. The van der Waals surface area contributed by atoms with Crippen molar-refractivity contribution in [1.82, 2.24) is 10.2 Å². The zero-order chi connectivity index (χ0) is 10.8. The lowest BCUT2D eigenvalue weighted by Gasteiger charge is -2.20. The fraction of sp³-hybridized carbons (Fsp3) is 0.889. The summed E-state index contributed by atoms with van der Waals surface area (Å²) in [6.07, 6.45) is 0. The fourth-order valence-electron chi connectivity index (χ4n) is 1.20. The molecule has 0 amide bonds. The molecule has 5 N–H and O–H groups in total. The van der Waals surface area contributed by atoms with E-state index in [1.807, 2.05) is 0 Å². The van der Waals surface area contributed by atoms with E-state index in [4.69, 9.17) is 11.5 Å². The molecule has 0 aliphatic heterocycles. The monoisotopic (exact) mass is 202 g/mol. The molecule has 0 aliphatic carbocycles. The molecule has 0 heterocycles. The second-order valence-electron chi connectivity index (χ2n) is 3.30. The Hall–Kier alpha value is -0.490.